The van der Waals surface area contributed by atoms with Crippen LogP contribution >= 0.6 is 11.8 Å². The number of hydrogen-bond acceptors (Lipinski definition) is 2. The molecule has 1 aliphatic rings. The average Bonchev–Trinajstić information content (AvgIpc) is 2.29. The van der Waals surface area contributed by atoms with Crippen molar-refractivity contribution in [2.45, 2.75) is 11.8 Å². The van der Waals surface area contributed by atoms with Crippen molar-refractivity contribution in [3.05, 3.63) is 24.0 Å². The Morgan fingerprint density at radius 2 is 2.36 bits per heavy atom. The molecule has 0 radical (unpaired) electrons. The number of benzene rings is 1. The van der Waals surface area contributed by atoms with Crippen molar-refractivity contribution in [2.24, 2.45) is 5.92 Å². The van der Waals surface area contributed by atoms with Gasteiger partial charge in [0.25, 0.3) is 0 Å². The van der Waals surface area contributed by atoms with Crippen LogP contribution in [-0.2, 0) is 4.79 Å². The van der Waals surface area contributed by atoms with Crippen LogP contribution in [0.25, 0.3) is 0 Å². The molecule has 0 saturated heterocycles. The van der Waals surface area contributed by atoms with Crippen LogP contribution < -0.4 is 5.32 Å². The topological polar surface area (TPSA) is 29.1 Å². The summed E-state index contributed by atoms with van der Waals surface area (Å²) in [6.45, 7) is 1.87. The number of amides is 1. The molecule has 1 N–H and O–H groups in total. The molecule has 1 aromatic rings. The van der Waals surface area contributed by atoms with E-state index in [1.807, 2.05) is 6.92 Å². The Bertz CT molecular complexity index is 380. The maximum Gasteiger partial charge on any atom is 0.228 e. The number of anilines is 1. The summed E-state index contributed by atoms with van der Waals surface area (Å²) in [5, 5.41) is 2.77. The van der Waals surface area contributed by atoms with Crippen LogP contribution in [0.2, 0.25) is 0 Å². The number of fused-ring (bicyclic) bond motifs is 1. The summed E-state index contributed by atoms with van der Waals surface area (Å²) in [6, 6.07) is 4.42. The molecular formula is C10H10FNOS. The van der Waals surface area contributed by atoms with Crippen molar-refractivity contribution in [2.75, 3.05) is 11.1 Å². The lowest BCUT2D eigenvalue weighted by molar-refractivity contribution is -0.118. The summed E-state index contributed by atoms with van der Waals surface area (Å²) < 4.78 is 12.9. The molecule has 2 rings (SSSR count). The number of thioether (sulfide) groups is 1. The lowest BCUT2D eigenvalue weighted by atomic mass is 10.2. The summed E-state index contributed by atoms with van der Waals surface area (Å²) in [5.41, 5.74) is 0.714. The summed E-state index contributed by atoms with van der Waals surface area (Å²) in [4.78, 5) is 12.3. The zero-order valence-electron chi connectivity index (χ0n) is 7.71. The first-order chi connectivity index (χ1) is 6.66. The van der Waals surface area contributed by atoms with Gasteiger partial charge < -0.3 is 5.32 Å². The predicted octanol–water partition coefficient (Wildman–Crippen LogP) is 2.51. The summed E-state index contributed by atoms with van der Waals surface area (Å²) in [6.07, 6.45) is 0. The van der Waals surface area contributed by atoms with Crippen molar-refractivity contribution in [1.82, 2.24) is 0 Å². The van der Waals surface area contributed by atoms with Gasteiger partial charge in [-0.05, 0) is 18.2 Å². The summed E-state index contributed by atoms with van der Waals surface area (Å²) in [7, 11) is 0. The number of rotatable bonds is 0. The highest BCUT2D eigenvalue weighted by Gasteiger charge is 2.20. The van der Waals surface area contributed by atoms with Gasteiger partial charge in [0.05, 0.1) is 5.69 Å². The monoisotopic (exact) mass is 211 g/mol. The Kier molecular flexibility index (Phi) is 2.46. The Morgan fingerprint density at radius 3 is 3.14 bits per heavy atom. The predicted molar refractivity (Wildman–Crippen MR) is 54.9 cm³/mol. The molecule has 1 aromatic carbocycles. The van der Waals surface area contributed by atoms with E-state index in [2.05, 4.69) is 5.32 Å². The first kappa shape index (κ1) is 9.52. The number of hydrogen-bond donors (Lipinski definition) is 1. The molecule has 0 saturated carbocycles. The second-order valence-corrected chi connectivity index (χ2v) is 4.40. The lowest BCUT2D eigenvalue weighted by Crippen LogP contribution is -2.20. The molecule has 1 aliphatic heterocycles. The molecule has 0 bridgehead atoms. The largest absolute Gasteiger partial charge is 0.325 e. The third-order valence-electron chi connectivity index (χ3n) is 2.14. The second kappa shape index (κ2) is 3.61. The van der Waals surface area contributed by atoms with Crippen LogP contribution in [0.1, 0.15) is 6.92 Å². The van der Waals surface area contributed by atoms with Crippen molar-refractivity contribution in [1.29, 1.82) is 0 Å². The molecular weight excluding hydrogens is 201 g/mol. The SMILES string of the molecule is CC1CSc2cc(F)ccc2NC1=O. The van der Waals surface area contributed by atoms with Crippen molar-refractivity contribution >= 4 is 23.4 Å². The lowest BCUT2D eigenvalue weighted by Gasteiger charge is -2.05. The van der Waals surface area contributed by atoms with Gasteiger partial charge in [-0.2, -0.15) is 0 Å². The van der Waals surface area contributed by atoms with Gasteiger partial charge in [0.2, 0.25) is 5.91 Å². The van der Waals surface area contributed by atoms with E-state index in [-0.39, 0.29) is 17.6 Å². The molecule has 0 aromatic heterocycles. The molecule has 1 amide bonds. The Morgan fingerprint density at radius 1 is 1.57 bits per heavy atom. The molecule has 1 atom stereocenters. The van der Waals surface area contributed by atoms with E-state index in [9.17, 15) is 9.18 Å². The zero-order valence-corrected chi connectivity index (χ0v) is 8.53. The van der Waals surface area contributed by atoms with E-state index in [1.165, 1.54) is 23.9 Å². The minimum atomic E-state index is -0.264. The first-order valence-electron chi connectivity index (χ1n) is 4.40. The molecule has 0 fully saturated rings. The maximum atomic E-state index is 12.9. The quantitative estimate of drug-likeness (QED) is 0.714. The van der Waals surface area contributed by atoms with E-state index in [0.29, 0.717) is 11.4 Å². The van der Waals surface area contributed by atoms with E-state index < -0.39 is 0 Å². The van der Waals surface area contributed by atoms with Crippen molar-refractivity contribution in [3.8, 4) is 0 Å². The van der Waals surface area contributed by atoms with Gasteiger partial charge in [0.15, 0.2) is 0 Å². The number of carbonyl (C=O) groups is 1. The minimum Gasteiger partial charge on any atom is -0.325 e. The Labute approximate surface area is 85.9 Å². The summed E-state index contributed by atoms with van der Waals surface area (Å²) in [5.74, 6) is 0.404. The van der Waals surface area contributed by atoms with E-state index in [1.54, 1.807) is 6.07 Å². The van der Waals surface area contributed by atoms with Gasteiger partial charge in [-0.15, -0.1) is 11.8 Å². The van der Waals surface area contributed by atoms with E-state index >= 15 is 0 Å². The Hall–Kier alpha value is -1.03. The minimum absolute atomic E-state index is 0.00265. The average molecular weight is 211 g/mol. The van der Waals surface area contributed by atoms with Gasteiger partial charge in [-0.3, -0.25) is 4.79 Å². The smallest absolute Gasteiger partial charge is 0.228 e. The fourth-order valence-electron chi connectivity index (χ4n) is 1.27. The standard InChI is InChI=1S/C10H10FNOS/c1-6-5-14-9-4-7(11)2-3-8(9)12-10(6)13/h2-4,6H,5H2,1H3,(H,12,13). The molecule has 14 heavy (non-hydrogen) atoms. The molecule has 4 heteroatoms. The highest BCUT2D eigenvalue weighted by Crippen LogP contribution is 2.32. The fourth-order valence-corrected chi connectivity index (χ4v) is 2.32. The van der Waals surface area contributed by atoms with Crippen LogP contribution in [0, 0.1) is 11.7 Å². The van der Waals surface area contributed by atoms with Crippen LogP contribution in [0.5, 0.6) is 0 Å². The Balaban J connectivity index is 2.37. The highest BCUT2D eigenvalue weighted by atomic mass is 32.2. The van der Waals surface area contributed by atoms with Crippen LogP contribution in [-0.4, -0.2) is 11.7 Å². The number of nitrogens with one attached hydrogen (secondary N) is 1. The normalized spacial score (nSPS) is 21.0. The first-order valence-corrected chi connectivity index (χ1v) is 5.38. The molecule has 0 spiro atoms. The highest BCUT2D eigenvalue weighted by molar-refractivity contribution is 7.99. The third kappa shape index (κ3) is 1.75. The maximum absolute atomic E-state index is 12.9. The molecule has 0 aliphatic carbocycles. The number of halogens is 1. The van der Waals surface area contributed by atoms with Gasteiger partial charge in [0, 0.05) is 16.6 Å². The zero-order chi connectivity index (χ0) is 10.1. The van der Waals surface area contributed by atoms with Crippen molar-refractivity contribution < 1.29 is 9.18 Å². The molecule has 1 heterocycles. The molecule has 1 unspecified atom stereocenters. The van der Waals surface area contributed by atoms with Crippen LogP contribution in [0.3, 0.4) is 0 Å². The molecule has 74 valence electrons. The van der Waals surface area contributed by atoms with Crippen LogP contribution in [0.15, 0.2) is 23.1 Å². The molecule has 2 nitrogen and oxygen atoms in total. The fraction of sp³-hybridized carbons (Fsp3) is 0.300. The van der Waals surface area contributed by atoms with E-state index in [0.717, 1.165) is 4.90 Å². The number of carbonyl (C=O) groups excluding carboxylic acids is 1. The van der Waals surface area contributed by atoms with Gasteiger partial charge in [-0.25, -0.2) is 4.39 Å². The van der Waals surface area contributed by atoms with E-state index in [4.69, 9.17) is 0 Å². The summed E-state index contributed by atoms with van der Waals surface area (Å²) >= 11 is 1.51. The third-order valence-corrected chi connectivity index (χ3v) is 3.45. The van der Waals surface area contributed by atoms with Crippen LogP contribution in [0.4, 0.5) is 10.1 Å². The van der Waals surface area contributed by atoms with Crippen molar-refractivity contribution in [3.63, 3.8) is 0 Å². The van der Waals surface area contributed by atoms with Gasteiger partial charge in [0.1, 0.15) is 5.82 Å². The van der Waals surface area contributed by atoms with Gasteiger partial charge in [-0.1, -0.05) is 6.92 Å². The van der Waals surface area contributed by atoms with Gasteiger partial charge >= 0.3 is 0 Å². The second-order valence-electron chi connectivity index (χ2n) is 3.34.